The molecule has 5 heteroatoms. The van der Waals surface area contributed by atoms with Crippen molar-refractivity contribution in [3.8, 4) is 0 Å². The van der Waals surface area contributed by atoms with Crippen molar-refractivity contribution in [1.82, 2.24) is 5.32 Å². The van der Waals surface area contributed by atoms with Crippen LogP contribution in [0.15, 0.2) is 24.3 Å². The van der Waals surface area contributed by atoms with E-state index < -0.39 is 17.9 Å². The molecule has 112 valence electrons. The molecule has 0 bridgehead atoms. The molecule has 0 aliphatic rings. The fourth-order valence-corrected chi connectivity index (χ4v) is 1.79. The number of carbonyl (C=O) groups is 1. The van der Waals surface area contributed by atoms with Crippen LogP contribution in [0, 0.1) is 0 Å². The fraction of sp³-hybridized carbons (Fsp3) is 0.533. The number of aliphatic hydroxyl groups excluding tert-OH is 1. The van der Waals surface area contributed by atoms with E-state index >= 15 is 0 Å². The summed E-state index contributed by atoms with van der Waals surface area (Å²) >= 11 is 5.80. The lowest BCUT2D eigenvalue weighted by Crippen LogP contribution is -2.39. The number of aryl methyl sites for hydroxylation is 1. The first-order valence-corrected chi connectivity index (χ1v) is 7.06. The van der Waals surface area contributed by atoms with Crippen molar-refractivity contribution in [2.75, 3.05) is 0 Å². The molecule has 0 saturated carbocycles. The maximum absolute atomic E-state index is 11.4. The van der Waals surface area contributed by atoms with Gasteiger partial charge in [-0.1, -0.05) is 23.7 Å². The summed E-state index contributed by atoms with van der Waals surface area (Å²) < 4.78 is 5.06. The second-order valence-electron chi connectivity index (χ2n) is 5.68. The van der Waals surface area contributed by atoms with Crippen LogP contribution in [0.3, 0.4) is 0 Å². The van der Waals surface area contributed by atoms with E-state index in [2.05, 4.69) is 5.32 Å². The number of hydrogen-bond donors (Lipinski definition) is 2. The van der Waals surface area contributed by atoms with Crippen molar-refractivity contribution in [3.05, 3.63) is 34.9 Å². The number of ether oxygens (including phenoxy) is 1. The van der Waals surface area contributed by atoms with Crippen molar-refractivity contribution in [2.45, 2.75) is 51.9 Å². The van der Waals surface area contributed by atoms with Gasteiger partial charge in [0.15, 0.2) is 0 Å². The van der Waals surface area contributed by atoms with Gasteiger partial charge in [0.1, 0.15) is 11.8 Å². The molecule has 2 N–H and O–H groups in total. The first-order valence-electron chi connectivity index (χ1n) is 6.68. The molecule has 1 atom stereocenters. The Kier molecular flexibility index (Phi) is 6.30. The zero-order valence-corrected chi connectivity index (χ0v) is 12.9. The van der Waals surface area contributed by atoms with Crippen LogP contribution >= 0.6 is 11.6 Å². The summed E-state index contributed by atoms with van der Waals surface area (Å²) in [5.41, 5.74) is 0.589. The lowest BCUT2D eigenvalue weighted by Gasteiger charge is -2.21. The number of benzene rings is 1. The summed E-state index contributed by atoms with van der Waals surface area (Å²) in [6, 6.07) is 7.59. The maximum atomic E-state index is 11.4. The topological polar surface area (TPSA) is 58.6 Å². The highest BCUT2D eigenvalue weighted by Crippen LogP contribution is 2.12. The number of nitrogens with one attached hydrogen (secondary N) is 1. The van der Waals surface area contributed by atoms with Crippen LogP contribution in [-0.4, -0.2) is 23.0 Å². The minimum Gasteiger partial charge on any atom is -0.444 e. The molecule has 1 aromatic rings. The van der Waals surface area contributed by atoms with E-state index in [1.165, 1.54) is 0 Å². The van der Waals surface area contributed by atoms with Crippen LogP contribution in [-0.2, 0) is 11.2 Å². The monoisotopic (exact) mass is 299 g/mol. The van der Waals surface area contributed by atoms with Crippen LogP contribution in [0.5, 0.6) is 0 Å². The zero-order chi connectivity index (χ0) is 15.2. The lowest BCUT2D eigenvalue weighted by molar-refractivity contribution is 0.0342. The molecule has 0 fully saturated rings. The average molecular weight is 300 g/mol. The van der Waals surface area contributed by atoms with Gasteiger partial charge in [0.05, 0.1) is 0 Å². The van der Waals surface area contributed by atoms with Gasteiger partial charge in [-0.3, -0.25) is 5.32 Å². The summed E-state index contributed by atoms with van der Waals surface area (Å²) in [7, 11) is 0. The Morgan fingerprint density at radius 1 is 1.35 bits per heavy atom. The number of alkyl carbamates (subject to hydrolysis) is 1. The highest BCUT2D eigenvalue weighted by molar-refractivity contribution is 6.30. The average Bonchev–Trinajstić information content (AvgIpc) is 2.29. The summed E-state index contributed by atoms with van der Waals surface area (Å²) in [6.45, 7) is 5.33. The highest BCUT2D eigenvalue weighted by atomic mass is 35.5. The Morgan fingerprint density at radius 2 is 1.95 bits per heavy atom. The quantitative estimate of drug-likeness (QED) is 0.818. The molecule has 1 amide bonds. The van der Waals surface area contributed by atoms with Gasteiger partial charge >= 0.3 is 6.09 Å². The standard InChI is InChI=1S/C15H22ClNO3/c1-15(2,3)20-14(19)17-13(18)6-4-5-11-7-9-12(16)10-8-11/h7-10,13,18H,4-6H2,1-3H3,(H,17,19). The number of halogens is 1. The molecule has 0 heterocycles. The summed E-state index contributed by atoms with van der Waals surface area (Å²) in [6.07, 6.45) is 0.568. The van der Waals surface area contributed by atoms with Gasteiger partial charge in [-0.2, -0.15) is 0 Å². The van der Waals surface area contributed by atoms with E-state index in [9.17, 15) is 9.90 Å². The van der Waals surface area contributed by atoms with E-state index in [-0.39, 0.29) is 0 Å². The predicted octanol–water partition coefficient (Wildman–Crippen LogP) is 3.51. The fourth-order valence-electron chi connectivity index (χ4n) is 1.67. The number of hydrogen-bond acceptors (Lipinski definition) is 3. The zero-order valence-electron chi connectivity index (χ0n) is 12.1. The summed E-state index contributed by atoms with van der Waals surface area (Å²) in [5.74, 6) is 0. The highest BCUT2D eigenvalue weighted by Gasteiger charge is 2.17. The van der Waals surface area contributed by atoms with Crippen LogP contribution in [0.25, 0.3) is 0 Å². The normalized spacial score (nSPS) is 12.8. The Balaban J connectivity index is 2.24. The number of amides is 1. The van der Waals surface area contributed by atoms with Crippen LogP contribution in [0.4, 0.5) is 4.79 Å². The third-order valence-electron chi connectivity index (χ3n) is 2.54. The van der Waals surface area contributed by atoms with Crippen molar-refractivity contribution in [1.29, 1.82) is 0 Å². The molecular weight excluding hydrogens is 278 g/mol. The molecule has 1 rings (SSSR count). The summed E-state index contributed by atoms with van der Waals surface area (Å²) in [4.78, 5) is 11.4. The van der Waals surface area contributed by atoms with Crippen molar-refractivity contribution in [2.24, 2.45) is 0 Å². The van der Waals surface area contributed by atoms with Gasteiger partial charge in [-0.05, 0) is 57.7 Å². The third-order valence-corrected chi connectivity index (χ3v) is 2.79. The van der Waals surface area contributed by atoms with E-state index in [1.54, 1.807) is 20.8 Å². The van der Waals surface area contributed by atoms with Gasteiger partial charge in [0.2, 0.25) is 0 Å². The first kappa shape index (κ1) is 16.8. The lowest BCUT2D eigenvalue weighted by atomic mass is 10.1. The Morgan fingerprint density at radius 3 is 2.50 bits per heavy atom. The van der Waals surface area contributed by atoms with Crippen molar-refractivity contribution < 1.29 is 14.6 Å². The molecule has 0 saturated heterocycles. The smallest absolute Gasteiger partial charge is 0.409 e. The van der Waals surface area contributed by atoms with Crippen LogP contribution in [0.1, 0.15) is 39.2 Å². The minimum absolute atomic E-state index is 0.474. The van der Waals surface area contributed by atoms with Crippen LogP contribution in [0.2, 0.25) is 5.02 Å². The van der Waals surface area contributed by atoms with Gasteiger partial charge in [0.25, 0.3) is 0 Å². The molecule has 0 radical (unpaired) electrons. The van der Waals surface area contributed by atoms with Crippen molar-refractivity contribution in [3.63, 3.8) is 0 Å². The molecule has 0 spiro atoms. The summed E-state index contributed by atoms with van der Waals surface area (Å²) in [5, 5.41) is 12.8. The van der Waals surface area contributed by atoms with E-state index in [0.29, 0.717) is 11.4 Å². The number of aliphatic hydroxyl groups is 1. The molecule has 0 aliphatic heterocycles. The molecule has 1 unspecified atom stereocenters. The molecule has 4 nitrogen and oxygen atoms in total. The third kappa shape index (κ3) is 7.36. The van der Waals surface area contributed by atoms with Gasteiger partial charge in [-0.15, -0.1) is 0 Å². The largest absolute Gasteiger partial charge is 0.444 e. The molecule has 0 aliphatic carbocycles. The van der Waals surface area contributed by atoms with E-state index in [4.69, 9.17) is 16.3 Å². The number of carbonyl (C=O) groups excluding carboxylic acids is 1. The van der Waals surface area contributed by atoms with Gasteiger partial charge in [-0.25, -0.2) is 4.79 Å². The molecule has 20 heavy (non-hydrogen) atoms. The Bertz CT molecular complexity index is 426. The molecule has 1 aromatic carbocycles. The second-order valence-corrected chi connectivity index (χ2v) is 6.12. The Hall–Kier alpha value is -1.26. The Labute approximate surface area is 125 Å². The SMILES string of the molecule is CC(C)(C)OC(=O)NC(O)CCCc1ccc(Cl)cc1. The van der Waals surface area contributed by atoms with Gasteiger partial charge < -0.3 is 9.84 Å². The van der Waals surface area contributed by atoms with E-state index in [0.717, 1.165) is 18.4 Å². The minimum atomic E-state index is -0.892. The molecule has 0 aromatic heterocycles. The number of rotatable bonds is 5. The van der Waals surface area contributed by atoms with Crippen LogP contribution < -0.4 is 5.32 Å². The maximum Gasteiger partial charge on any atom is 0.409 e. The second kappa shape index (κ2) is 7.50. The van der Waals surface area contributed by atoms with E-state index in [1.807, 2.05) is 24.3 Å². The predicted molar refractivity (Wildman–Crippen MR) is 79.8 cm³/mol. The first-order chi connectivity index (χ1) is 9.26. The van der Waals surface area contributed by atoms with Crippen molar-refractivity contribution >= 4 is 17.7 Å². The van der Waals surface area contributed by atoms with Gasteiger partial charge in [0, 0.05) is 5.02 Å². The molecular formula is C15H22ClNO3.